The lowest BCUT2D eigenvalue weighted by atomic mass is 10.1. The topological polar surface area (TPSA) is 76.5 Å². The predicted molar refractivity (Wildman–Crippen MR) is 119 cm³/mol. The van der Waals surface area contributed by atoms with Crippen LogP contribution in [0, 0.1) is 13.8 Å². The number of nitrogens with one attached hydrogen (secondary N) is 1. The number of amides is 2. The van der Waals surface area contributed by atoms with Crippen molar-refractivity contribution in [2.24, 2.45) is 0 Å². The van der Waals surface area contributed by atoms with Gasteiger partial charge in [0.2, 0.25) is 11.9 Å². The number of benzene rings is 2. The molecule has 3 heterocycles. The molecule has 1 saturated heterocycles. The van der Waals surface area contributed by atoms with Crippen molar-refractivity contribution in [2.75, 3.05) is 23.4 Å². The molecule has 1 aromatic heterocycles. The zero-order valence-electron chi connectivity index (χ0n) is 17.8. The van der Waals surface area contributed by atoms with Crippen LogP contribution in [0.3, 0.4) is 0 Å². The molecule has 7 heteroatoms. The third-order valence-electron chi connectivity index (χ3n) is 6.13. The summed E-state index contributed by atoms with van der Waals surface area (Å²) in [6.45, 7) is 5.18. The Morgan fingerprint density at radius 2 is 2.06 bits per heavy atom. The Balaban J connectivity index is 1.44. The summed E-state index contributed by atoms with van der Waals surface area (Å²) in [5.74, 6) is 0.318. The molecule has 2 aliphatic rings. The number of para-hydroxylation sites is 2. The number of nitrogens with zero attached hydrogens (tertiary/aromatic N) is 3. The minimum absolute atomic E-state index is 0.0139. The molecule has 1 N–H and O–H groups in total. The van der Waals surface area contributed by atoms with Gasteiger partial charge in [0.05, 0.1) is 30.1 Å². The number of carbonyl (C=O) groups excluding carboxylic acids is 2. The van der Waals surface area contributed by atoms with Crippen LogP contribution >= 0.6 is 0 Å². The van der Waals surface area contributed by atoms with Crippen molar-refractivity contribution in [1.82, 2.24) is 9.55 Å². The molecule has 2 atom stereocenters. The first-order valence-corrected chi connectivity index (χ1v) is 10.8. The highest BCUT2D eigenvalue weighted by Gasteiger charge is 2.42. The van der Waals surface area contributed by atoms with E-state index in [-0.39, 0.29) is 24.3 Å². The lowest BCUT2D eigenvalue weighted by Crippen LogP contribution is -2.37. The van der Waals surface area contributed by atoms with E-state index in [1.807, 2.05) is 60.9 Å². The normalized spacial score (nSPS) is 20.5. The Morgan fingerprint density at radius 1 is 1.23 bits per heavy atom. The van der Waals surface area contributed by atoms with E-state index in [1.165, 1.54) is 0 Å². The summed E-state index contributed by atoms with van der Waals surface area (Å²) in [5, 5.41) is 2.98. The van der Waals surface area contributed by atoms with Crippen LogP contribution in [0.25, 0.3) is 11.0 Å². The summed E-state index contributed by atoms with van der Waals surface area (Å²) in [6.07, 6.45) is 2.01. The van der Waals surface area contributed by atoms with Gasteiger partial charge in [0.1, 0.15) is 6.04 Å². The van der Waals surface area contributed by atoms with Gasteiger partial charge in [0, 0.05) is 12.3 Å². The molecular weight excluding hydrogens is 392 g/mol. The number of aromatic nitrogens is 2. The zero-order valence-corrected chi connectivity index (χ0v) is 17.8. The fraction of sp³-hybridized carbons (Fsp3) is 0.375. The number of aryl methyl sites for hydroxylation is 2. The average molecular weight is 418 g/mol. The van der Waals surface area contributed by atoms with Crippen LogP contribution in [-0.4, -0.2) is 40.6 Å². The van der Waals surface area contributed by atoms with Gasteiger partial charge in [-0.25, -0.2) is 4.98 Å². The summed E-state index contributed by atoms with van der Waals surface area (Å²) in [7, 11) is 0. The summed E-state index contributed by atoms with van der Waals surface area (Å²) < 4.78 is 7.67. The van der Waals surface area contributed by atoms with Crippen molar-refractivity contribution >= 4 is 34.5 Å². The van der Waals surface area contributed by atoms with Crippen LogP contribution in [0.1, 0.15) is 36.4 Å². The highest BCUT2D eigenvalue weighted by atomic mass is 16.5. The number of anilines is 2. The molecule has 2 aromatic carbocycles. The third-order valence-corrected chi connectivity index (χ3v) is 6.13. The molecule has 0 bridgehead atoms. The first-order valence-electron chi connectivity index (χ1n) is 10.8. The fourth-order valence-electron chi connectivity index (χ4n) is 4.59. The van der Waals surface area contributed by atoms with Gasteiger partial charge in [-0.1, -0.05) is 29.8 Å². The maximum Gasteiger partial charge on any atom is 0.253 e. The minimum atomic E-state index is -0.616. The fourth-order valence-corrected chi connectivity index (χ4v) is 4.59. The Labute approximate surface area is 181 Å². The van der Waals surface area contributed by atoms with Gasteiger partial charge in [-0.3, -0.25) is 19.1 Å². The number of rotatable bonds is 5. The van der Waals surface area contributed by atoms with Crippen LogP contribution in [0.15, 0.2) is 42.5 Å². The van der Waals surface area contributed by atoms with Gasteiger partial charge in [-0.2, -0.15) is 0 Å². The van der Waals surface area contributed by atoms with Gasteiger partial charge >= 0.3 is 0 Å². The average Bonchev–Trinajstić information content (AvgIpc) is 3.44. The van der Waals surface area contributed by atoms with Gasteiger partial charge in [-0.05, 0) is 50.5 Å². The van der Waals surface area contributed by atoms with Crippen LogP contribution in [0.5, 0.6) is 0 Å². The Morgan fingerprint density at radius 3 is 2.84 bits per heavy atom. The van der Waals surface area contributed by atoms with E-state index in [9.17, 15) is 9.59 Å². The smallest absolute Gasteiger partial charge is 0.253 e. The van der Waals surface area contributed by atoms with Crippen molar-refractivity contribution in [3.63, 3.8) is 0 Å². The zero-order chi connectivity index (χ0) is 21.5. The number of imidazole rings is 1. The molecule has 7 nitrogen and oxygen atoms in total. The molecule has 31 heavy (non-hydrogen) atoms. The second-order valence-corrected chi connectivity index (χ2v) is 8.44. The quantitative estimate of drug-likeness (QED) is 0.685. The van der Waals surface area contributed by atoms with Gasteiger partial charge in [0.15, 0.2) is 0 Å². The largest absolute Gasteiger partial charge is 0.376 e. The van der Waals surface area contributed by atoms with Gasteiger partial charge in [0.25, 0.3) is 5.91 Å². The molecule has 2 aliphatic heterocycles. The summed E-state index contributed by atoms with van der Waals surface area (Å²) >= 11 is 0. The number of ether oxygens (including phenoxy) is 1. The molecule has 1 fully saturated rings. The van der Waals surface area contributed by atoms with Crippen molar-refractivity contribution in [1.29, 1.82) is 0 Å². The van der Waals surface area contributed by atoms with E-state index < -0.39 is 6.04 Å². The highest BCUT2D eigenvalue weighted by Crippen LogP contribution is 2.37. The van der Waals surface area contributed by atoms with E-state index in [0.717, 1.165) is 47.3 Å². The highest BCUT2D eigenvalue weighted by molar-refractivity contribution is 6.05. The van der Waals surface area contributed by atoms with Crippen molar-refractivity contribution in [3.8, 4) is 0 Å². The SMILES string of the molecule is Cc1ccc(NC(=O)C[C@H]2C(=O)N(C[C@H]3CCCO3)c3nc4ccccc4n32)c(C)c1. The molecule has 0 saturated carbocycles. The Hall–Kier alpha value is -3.19. The summed E-state index contributed by atoms with van der Waals surface area (Å²) in [5.41, 5.74) is 4.60. The third kappa shape index (κ3) is 3.59. The van der Waals surface area contributed by atoms with E-state index in [4.69, 9.17) is 9.72 Å². The van der Waals surface area contributed by atoms with Crippen molar-refractivity contribution < 1.29 is 14.3 Å². The Kier molecular flexibility index (Phi) is 4.98. The molecule has 3 aromatic rings. The summed E-state index contributed by atoms with van der Waals surface area (Å²) in [6, 6.07) is 13.0. The monoisotopic (exact) mass is 418 g/mol. The van der Waals surface area contributed by atoms with E-state index in [0.29, 0.717) is 12.5 Å². The molecule has 0 spiro atoms. The lowest BCUT2D eigenvalue weighted by Gasteiger charge is -2.19. The Bertz CT molecular complexity index is 1160. The van der Waals surface area contributed by atoms with Crippen LogP contribution < -0.4 is 10.2 Å². The number of hydrogen-bond donors (Lipinski definition) is 1. The van der Waals surface area contributed by atoms with E-state index in [2.05, 4.69) is 5.32 Å². The second-order valence-electron chi connectivity index (χ2n) is 8.44. The number of hydrogen-bond acceptors (Lipinski definition) is 4. The molecule has 0 aliphatic carbocycles. The van der Waals surface area contributed by atoms with Crippen LogP contribution in [0.2, 0.25) is 0 Å². The predicted octanol–water partition coefficient (Wildman–Crippen LogP) is 3.75. The number of carbonyl (C=O) groups is 2. The molecule has 160 valence electrons. The maximum atomic E-state index is 13.4. The molecule has 0 radical (unpaired) electrons. The molecule has 0 unspecified atom stereocenters. The second kappa shape index (κ2) is 7.81. The van der Waals surface area contributed by atoms with Crippen molar-refractivity contribution in [2.45, 2.75) is 45.3 Å². The first-order chi connectivity index (χ1) is 15.0. The van der Waals surface area contributed by atoms with Crippen LogP contribution in [-0.2, 0) is 14.3 Å². The van der Waals surface area contributed by atoms with Crippen molar-refractivity contribution in [3.05, 3.63) is 53.6 Å². The van der Waals surface area contributed by atoms with Gasteiger partial charge < -0.3 is 10.1 Å². The summed E-state index contributed by atoms with van der Waals surface area (Å²) in [4.78, 5) is 32.7. The standard InChI is InChI=1S/C24H26N4O3/c1-15-9-10-18(16(2)12-15)25-22(29)13-21-23(30)27(14-17-6-5-11-31-17)24-26-19-7-3-4-8-20(19)28(21)24/h3-4,7-10,12,17,21H,5-6,11,13-14H2,1-2H3,(H,25,29)/t17-,21+/m1/s1. The maximum absolute atomic E-state index is 13.4. The number of fused-ring (bicyclic) bond motifs is 3. The minimum Gasteiger partial charge on any atom is -0.376 e. The van der Waals surface area contributed by atoms with Gasteiger partial charge in [-0.15, -0.1) is 0 Å². The molecule has 2 amide bonds. The molecular formula is C24H26N4O3. The van der Waals surface area contributed by atoms with E-state index in [1.54, 1.807) is 4.90 Å². The first kappa shape index (κ1) is 19.8. The van der Waals surface area contributed by atoms with E-state index >= 15 is 0 Å². The lowest BCUT2D eigenvalue weighted by molar-refractivity contribution is -0.124. The van der Waals surface area contributed by atoms with Crippen LogP contribution in [0.4, 0.5) is 11.6 Å². The molecule has 5 rings (SSSR count).